The second kappa shape index (κ2) is 2.29. The van der Waals surface area contributed by atoms with E-state index in [4.69, 9.17) is 4.74 Å². The maximum Gasteiger partial charge on any atom is 0.220 e. The molecule has 0 saturated carbocycles. The lowest BCUT2D eigenvalue weighted by molar-refractivity contribution is -0.469. The fraction of sp³-hybridized carbons (Fsp3) is 0.375. The van der Waals surface area contributed by atoms with Gasteiger partial charge in [-0.1, -0.05) is 12.2 Å². The van der Waals surface area contributed by atoms with E-state index in [1.165, 1.54) is 5.71 Å². The topological polar surface area (TPSA) is 23.2 Å². The third kappa shape index (κ3) is 0.856. The molecule has 1 aliphatic carbocycles. The minimum absolute atomic E-state index is 0.795. The van der Waals surface area contributed by atoms with Gasteiger partial charge in [0, 0.05) is 0 Å². The Balaban J connectivity index is 2.32. The number of ether oxygens (including phenoxy) is 1. The van der Waals surface area contributed by atoms with Gasteiger partial charge >= 0.3 is 0 Å². The summed E-state index contributed by atoms with van der Waals surface area (Å²) in [5, 5.41) is 0. The third-order valence-electron chi connectivity index (χ3n) is 1.70. The molecule has 0 aromatic heterocycles. The van der Waals surface area contributed by atoms with Crippen molar-refractivity contribution in [3.63, 3.8) is 0 Å². The van der Waals surface area contributed by atoms with E-state index in [9.17, 15) is 0 Å². The Kier molecular flexibility index (Phi) is 1.31. The van der Waals surface area contributed by atoms with Crippen LogP contribution in [0.15, 0.2) is 24.0 Å². The van der Waals surface area contributed by atoms with Gasteiger partial charge in [-0.15, -0.1) is 0 Å². The van der Waals surface area contributed by atoms with Crippen molar-refractivity contribution in [1.29, 1.82) is 0 Å². The van der Waals surface area contributed by atoms with Crippen LogP contribution in [0.1, 0.15) is 6.42 Å². The van der Waals surface area contributed by atoms with Crippen molar-refractivity contribution in [3.05, 3.63) is 24.0 Å². The number of rotatable bonds is 0. The van der Waals surface area contributed by atoms with Crippen molar-refractivity contribution in [1.82, 2.24) is 0 Å². The normalized spacial score (nSPS) is 22.4. The second-order valence-corrected chi connectivity index (χ2v) is 2.42. The molecular weight excluding hydrogens is 126 g/mol. The van der Waals surface area contributed by atoms with Crippen molar-refractivity contribution < 1.29 is 9.73 Å². The van der Waals surface area contributed by atoms with Gasteiger partial charge in [-0.2, -0.15) is 0 Å². The zero-order valence-corrected chi connectivity index (χ0v) is 5.76. The van der Waals surface area contributed by atoms with Gasteiger partial charge in [0.1, 0.15) is 6.61 Å². The third-order valence-corrected chi connectivity index (χ3v) is 1.70. The minimum atomic E-state index is 0.795. The van der Waals surface area contributed by atoms with Crippen LogP contribution in [0.4, 0.5) is 0 Å². The highest BCUT2D eigenvalue weighted by Crippen LogP contribution is 2.08. The van der Waals surface area contributed by atoms with Crippen LogP contribution < -0.4 is 4.99 Å². The highest BCUT2D eigenvalue weighted by molar-refractivity contribution is 5.96. The first kappa shape index (κ1) is 5.71. The smallest absolute Gasteiger partial charge is 0.220 e. The van der Waals surface area contributed by atoms with E-state index in [0.717, 1.165) is 25.3 Å². The Morgan fingerprint density at radius 1 is 1.50 bits per heavy atom. The molecule has 0 radical (unpaired) electrons. The lowest BCUT2D eigenvalue weighted by atomic mass is 10.1. The average molecular weight is 136 g/mol. The zero-order chi connectivity index (χ0) is 6.81. The van der Waals surface area contributed by atoms with E-state index in [1.54, 1.807) is 0 Å². The molecule has 1 aliphatic heterocycles. The fourth-order valence-corrected chi connectivity index (χ4v) is 1.20. The highest BCUT2D eigenvalue weighted by atomic mass is 16.5. The quantitative estimate of drug-likeness (QED) is 0.471. The summed E-state index contributed by atoms with van der Waals surface area (Å²) in [5.74, 6) is 1.02. The van der Waals surface area contributed by atoms with E-state index in [-0.39, 0.29) is 0 Å². The molecular formula is C8H10NO+. The Hall–Kier alpha value is -1.05. The maximum absolute atomic E-state index is 5.39. The van der Waals surface area contributed by atoms with Gasteiger partial charge in [-0.3, -0.25) is 0 Å². The Morgan fingerprint density at radius 3 is 3.40 bits per heavy atom. The molecule has 0 saturated heterocycles. The first-order valence-electron chi connectivity index (χ1n) is 3.56. The van der Waals surface area contributed by atoms with Crippen LogP contribution in [0, 0.1) is 0 Å². The van der Waals surface area contributed by atoms with Gasteiger partial charge in [0.2, 0.25) is 5.71 Å². The largest absolute Gasteiger partial charge is 0.480 e. The van der Waals surface area contributed by atoms with Gasteiger partial charge in [-0.05, 0) is 6.08 Å². The summed E-state index contributed by atoms with van der Waals surface area (Å²) in [6, 6.07) is 0. The Labute approximate surface area is 59.9 Å². The molecule has 0 unspecified atom stereocenters. The molecule has 0 spiro atoms. The summed E-state index contributed by atoms with van der Waals surface area (Å²) >= 11 is 0. The average Bonchev–Trinajstić information content (AvgIpc) is 2.05. The highest BCUT2D eigenvalue weighted by Gasteiger charge is 2.18. The molecule has 0 aromatic rings. The van der Waals surface area contributed by atoms with Crippen molar-refractivity contribution in [3.8, 4) is 0 Å². The predicted octanol–water partition coefficient (Wildman–Crippen LogP) is -0.618. The maximum atomic E-state index is 5.39. The standard InChI is InChI=1S/C8H9NO/c1-2-4-8-7(3-1)9-5-6-10-8/h1-2,4H,3,5-6H2/p+1. The summed E-state index contributed by atoms with van der Waals surface area (Å²) < 4.78 is 5.39. The molecule has 10 heavy (non-hydrogen) atoms. The summed E-state index contributed by atoms with van der Waals surface area (Å²) in [5.41, 5.74) is 1.23. The van der Waals surface area contributed by atoms with Crippen LogP contribution in [0.5, 0.6) is 0 Å². The molecule has 1 heterocycles. The molecule has 0 fully saturated rings. The number of fused-ring (bicyclic) bond motifs is 1. The van der Waals surface area contributed by atoms with Gasteiger partial charge in [0.05, 0.1) is 6.42 Å². The number of hydrogen-bond donors (Lipinski definition) is 1. The summed E-state index contributed by atoms with van der Waals surface area (Å²) in [7, 11) is 0. The molecule has 52 valence electrons. The minimum Gasteiger partial charge on any atom is -0.480 e. The van der Waals surface area contributed by atoms with Crippen molar-refractivity contribution in [2.45, 2.75) is 6.42 Å². The first-order valence-corrected chi connectivity index (χ1v) is 3.56. The van der Waals surface area contributed by atoms with Crippen LogP contribution in [-0.2, 0) is 4.74 Å². The fourth-order valence-electron chi connectivity index (χ4n) is 1.20. The van der Waals surface area contributed by atoms with E-state index in [2.05, 4.69) is 11.1 Å². The molecule has 1 N–H and O–H groups in total. The second-order valence-electron chi connectivity index (χ2n) is 2.42. The van der Waals surface area contributed by atoms with E-state index >= 15 is 0 Å². The van der Waals surface area contributed by atoms with Gasteiger partial charge in [-0.25, -0.2) is 4.99 Å². The van der Waals surface area contributed by atoms with E-state index < -0.39 is 0 Å². The van der Waals surface area contributed by atoms with E-state index in [0.29, 0.717) is 0 Å². The van der Waals surface area contributed by atoms with Crippen LogP contribution in [-0.4, -0.2) is 18.9 Å². The van der Waals surface area contributed by atoms with Crippen molar-refractivity contribution in [2.24, 2.45) is 0 Å². The molecule has 0 atom stereocenters. The SMILES string of the molecule is C1=CCC2=[NH+]CCOC2=C1. The molecule has 2 heteroatoms. The molecule has 2 rings (SSSR count). The lowest BCUT2D eigenvalue weighted by Gasteiger charge is -2.12. The summed E-state index contributed by atoms with van der Waals surface area (Å²) in [4.78, 5) is 3.29. The van der Waals surface area contributed by atoms with Gasteiger partial charge in [0.15, 0.2) is 12.3 Å². The molecule has 2 nitrogen and oxygen atoms in total. The van der Waals surface area contributed by atoms with Crippen LogP contribution >= 0.6 is 0 Å². The monoisotopic (exact) mass is 136 g/mol. The molecule has 2 aliphatic rings. The van der Waals surface area contributed by atoms with E-state index in [1.807, 2.05) is 12.2 Å². The molecule has 0 aromatic carbocycles. The van der Waals surface area contributed by atoms with Crippen molar-refractivity contribution in [2.75, 3.05) is 13.2 Å². The molecule has 0 amide bonds. The van der Waals surface area contributed by atoms with Crippen LogP contribution in [0.3, 0.4) is 0 Å². The van der Waals surface area contributed by atoms with Gasteiger partial charge in [0.25, 0.3) is 0 Å². The number of nitrogens with one attached hydrogen (secondary N) is 1. The molecule has 0 bridgehead atoms. The summed E-state index contributed by atoms with van der Waals surface area (Å²) in [6.07, 6.45) is 7.16. The first-order chi connectivity index (χ1) is 4.97. The number of allylic oxidation sites excluding steroid dienone is 4. The number of hydrogen-bond acceptors (Lipinski definition) is 1. The summed E-state index contributed by atoms with van der Waals surface area (Å²) in [6.45, 7) is 1.74. The van der Waals surface area contributed by atoms with Crippen LogP contribution in [0.25, 0.3) is 0 Å². The van der Waals surface area contributed by atoms with Crippen LogP contribution in [0.2, 0.25) is 0 Å². The zero-order valence-electron chi connectivity index (χ0n) is 5.76. The Bertz CT molecular complexity index is 225. The van der Waals surface area contributed by atoms with Crippen molar-refractivity contribution >= 4 is 5.71 Å². The predicted molar refractivity (Wildman–Crippen MR) is 38.6 cm³/mol. The Morgan fingerprint density at radius 2 is 2.50 bits per heavy atom. The van der Waals surface area contributed by atoms with Gasteiger partial charge < -0.3 is 4.74 Å². The lowest BCUT2D eigenvalue weighted by Crippen LogP contribution is -2.76.